The molecule has 0 aliphatic carbocycles. The van der Waals surface area contributed by atoms with E-state index < -0.39 is 14.5 Å². The fraction of sp³-hybridized carbons (Fsp3) is 0.900. The quantitative estimate of drug-likeness (QED) is 0.451. The highest BCUT2D eigenvalue weighted by atomic mass is 28.4. The Hall–Kier alpha value is -0.553. The number of hydrogen-bond acceptors (Lipinski definition) is 3. The molecular formula is C10H22O4Si. The van der Waals surface area contributed by atoms with Gasteiger partial charge in [0.25, 0.3) is 0 Å². The summed E-state index contributed by atoms with van der Waals surface area (Å²) in [5.74, 6) is 0. The third-order valence-electron chi connectivity index (χ3n) is 2.78. The molecule has 15 heavy (non-hydrogen) atoms. The van der Waals surface area contributed by atoms with E-state index in [-0.39, 0.29) is 11.6 Å². The van der Waals surface area contributed by atoms with E-state index in [0.29, 0.717) is 13.0 Å². The Morgan fingerprint density at radius 1 is 1.27 bits per heavy atom. The van der Waals surface area contributed by atoms with Crippen molar-refractivity contribution in [2.45, 2.75) is 45.3 Å². The van der Waals surface area contributed by atoms with Crippen molar-refractivity contribution in [3.8, 4) is 0 Å². The monoisotopic (exact) mass is 234 g/mol. The van der Waals surface area contributed by atoms with Crippen molar-refractivity contribution in [1.82, 2.24) is 0 Å². The van der Waals surface area contributed by atoms with Crippen molar-refractivity contribution in [3.63, 3.8) is 0 Å². The Morgan fingerprint density at radius 2 is 1.80 bits per heavy atom. The van der Waals surface area contributed by atoms with Crippen LogP contribution in [0.5, 0.6) is 0 Å². The van der Waals surface area contributed by atoms with E-state index in [0.717, 1.165) is 0 Å². The summed E-state index contributed by atoms with van der Waals surface area (Å²) in [7, 11) is -1.69. The second-order valence-corrected chi connectivity index (χ2v) is 9.89. The van der Waals surface area contributed by atoms with Gasteiger partial charge in [0, 0.05) is 13.0 Å². The van der Waals surface area contributed by atoms with Crippen LogP contribution in [0, 0.1) is 0 Å². The van der Waals surface area contributed by atoms with Gasteiger partial charge in [-0.1, -0.05) is 20.8 Å². The molecule has 0 unspecified atom stereocenters. The smallest absolute Gasteiger partial charge is 0.450 e. The van der Waals surface area contributed by atoms with E-state index in [2.05, 4.69) is 38.6 Å². The fourth-order valence-corrected chi connectivity index (χ4v) is 1.85. The van der Waals surface area contributed by atoms with Crippen LogP contribution in [0.3, 0.4) is 0 Å². The van der Waals surface area contributed by atoms with Crippen LogP contribution in [0.2, 0.25) is 18.1 Å². The summed E-state index contributed by atoms with van der Waals surface area (Å²) in [6.45, 7) is 11.6. The second kappa shape index (κ2) is 5.51. The van der Waals surface area contributed by atoms with Gasteiger partial charge in [0.2, 0.25) is 0 Å². The first-order chi connectivity index (χ1) is 6.67. The van der Waals surface area contributed by atoms with Crippen LogP contribution in [0.1, 0.15) is 27.2 Å². The number of carboxylic acid groups (broad SMARTS) is 1. The third-order valence-corrected chi connectivity index (χ3v) is 7.32. The maximum Gasteiger partial charge on any atom is 0.505 e. The molecule has 0 aliphatic rings. The van der Waals surface area contributed by atoms with Crippen molar-refractivity contribution < 1.29 is 19.1 Å². The summed E-state index contributed by atoms with van der Waals surface area (Å²) in [6.07, 6.45) is -0.596. The van der Waals surface area contributed by atoms with Crippen LogP contribution in [0.15, 0.2) is 0 Å². The predicted octanol–water partition coefficient (Wildman–Crippen LogP) is 3.09. The average Bonchev–Trinajstić information content (AvgIpc) is 2.00. The van der Waals surface area contributed by atoms with Crippen molar-refractivity contribution >= 4 is 14.5 Å². The summed E-state index contributed by atoms with van der Waals surface area (Å²) in [5.41, 5.74) is 0. The summed E-state index contributed by atoms with van der Waals surface area (Å²) in [6, 6.07) is 0. The molecule has 0 fully saturated rings. The Morgan fingerprint density at radius 3 is 2.20 bits per heavy atom. The molecule has 90 valence electrons. The highest BCUT2D eigenvalue weighted by Crippen LogP contribution is 2.36. The standard InChI is InChI=1S/C10H22O4Si/c1-10(2,3)15(4,5)14-8-6-7-13-9(11)12/h6-8H2,1-5H3,(H,11,12). The molecule has 0 saturated heterocycles. The van der Waals surface area contributed by atoms with E-state index in [1.54, 1.807) is 0 Å². The molecule has 0 aliphatic heterocycles. The zero-order valence-electron chi connectivity index (χ0n) is 10.3. The molecular weight excluding hydrogens is 212 g/mol. The Labute approximate surface area is 92.7 Å². The molecule has 0 spiro atoms. The van der Waals surface area contributed by atoms with Gasteiger partial charge in [-0.15, -0.1) is 0 Å². The molecule has 5 heteroatoms. The van der Waals surface area contributed by atoms with Gasteiger partial charge in [-0.3, -0.25) is 0 Å². The van der Waals surface area contributed by atoms with Gasteiger partial charge in [-0.2, -0.15) is 0 Å². The largest absolute Gasteiger partial charge is 0.505 e. The number of carbonyl (C=O) groups is 1. The van der Waals surface area contributed by atoms with Crippen LogP contribution >= 0.6 is 0 Å². The molecule has 0 aromatic rings. The highest BCUT2D eigenvalue weighted by molar-refractivity contribution is 6.74. The minimum Gasteiger partial charge on any atom is -0.450 e. The molecule has 0 saturated carbocycles. The van der Waals surface area contributed by atoms with E-state index in [9.17, 15) is 4.79 Å². The lowest BCUT2D eigenvalue weighted by atomic mass is 10.2. The first-order valence-corrected chi connectivity index (χ1v) is 8.07. The van der Waals surface area contributed by atoms with Crippen LogP contribution in [-0.2, 0) is 9.16 Å². The minimum absolute atomic E-state index is 0.195. The van der Waals surface area contributed by atoms with Gasteiger partial charge < -0.3 is 14.3 Å². The topological polar surface area (TPSA) is 55.8 Å². The first-order valence-electron chi connectivity index (χ1n) is 5.16. The zero-order valence-corrected chi connectivity index (χ0v) is 11.3. The highest BCUT2D eigenvalue weighted by Gasteiger charge is 2.36. The number of rotatable bonds is 5. The molecule has 4 nitrogen and oxygen atoms in total. The minimum atomic E-state index is -1.69. The van der Waals surface area contributed by atoms with Crippen LogP contribution in [-0.4, -0.2) is 32.8 Å². The van der Waals surface area contributed by atoms with Crippen molar-refractivity contribution in [1.29, 1.82) is 0 Å². The molecule has 0 atom stereocenters. The van der Waals surface area contributed by atoms with E-state index in [1.165, 1.54) is 0 Å². The third kappa shape index (κ3) is 5.79. The lowest BCUT2D eigenvalue weighted by Crippen LogP contribution is -2.41. The Bertz CT molecular complexity index is 208. The lowest BCUT2D eigenvalue weighted by Gasteiger charge is -2.36. The predicted molar refractivity (Wildman–Crippen MR) is 61.7 cm³/mol. The molecule has 0 radical (unpaired) electrons. The molecule has 0 rings (SSSR count). The number of ether oxygens (including phenoxy) is 1. The number of hydrogen-bond donors (Lipinski definition) is 1. The van der Waals surface area contributed by atoms with Gasteiger partial charge in [0.15, 0.2) is 8.32 Å². The van der Waals surface area contributed by atoms with Crippen molar-refractivity contribution in [2.24, 2.45) is 0 Å². The zero-order chi connectivity index (χ0) is 12.1. The summed E-state index contributed by atoms with van der Waals surface area (Å²) in [4.78, 5) is 10.1. The van der Waals surface area contributed by atoms with Gasteiger partial charge in [-0.05, 0) is 18.1 Å². The molecule has 0 bridgehead atoms. The molecule has 1 N–H and O–H groups in total. The van der Waals surface area contributed by atoms with Crippen LogP contribution < -0.4 is 0 Å². The van der Waals surface area contributed by atoms with Crippen molar-refractivity contribution in [3.05, 3.63) is 0 Å². The molecule has 0 heterocycles. The summed E-state index contributed by atoms with van der Waals surface area (Å²) in [5, 5.41) is 8.44. The lowest BCUT2D eigenvalue weighted by molar-refractivity contribution is 0.0859. The van der Waals surface area contributed by atoms with Gasteiger partial charge >= 0.3 is 6.16 Å². The Balaban J connectivity index is 3.72. The molecule has 0 amide bonds. The normalized spacial score (nSPS) is 12.6. The van der Waals surface area contributed by atoms with E-state index in [4.69, 9.17) is 9.53 Å². The van der Waals surface area contributed by atoms with Gasteiger partial charge in [-0.25, -0.2) is 4.79 Å². The molecule has 0 aromatic carbocycles. The second-order valence-electron chi connectivity index (χ2n) is 5.08. The average molecular weight is 234 g/mol. The van der Waals surface area contributed by atoms with Crippen LogP contribution in [0.25, 0.3) is 0 Å². The first kappa shape index (κ1) is 14.4. The fourth-order valence-electron chi connectivity index (χ4n) is 0.762. The van der Waals surface area contributed by atoms with E-state index >= 15 is 0 Å². The maximum atomic E-state index is 10.1. The van der Waals surface area contributed by atoms with Gasteiger partial charge in [0.1, 0.15) is 0 Å². The van der Waals surface area contributed by atoms with Crippen LogP contribution in [0.4, 0.5) is 4.79 Å². The van der Waals surface area contributed by atoms with E-state index in [1.807, 2.05) is 0 Å². The van der Waals surface area contributed by atoms with Gasteiger partial charge in [0.05, 0.1) is 6.61 Å². The molecule has 0 aromatic heterocycles. The van der Waals surface area contributed by atoms with Crippen molar-refractivity contribution in [2.75, 3.05) is 13.2 Å². The summed E-state index contributed by atoms with van der Waals surface area (Å²) < 4.78 is 10.2. The maximum absolute atomic E-state index is 10.1. The SMILES string of the molecule is CC(C)(C)[Si](C)(C)OCCCOC(=O)O. The Kier molecular flexibility index (Phi) is 5.31. The summed E-state index contributed by atoms with van der Waals surface area (Å²) >= 11 is 0.